The molecular formula is C10H15ClN2S. The molecular weight excluding hydrogens is 216 g/mol. The minimum Gasteiger partial charge on any atom is -0.313 e. The van der Waals surface area contributed by atoms with Crippen LogP contribution in [-0.4, -0.2) is 18.1 Å². The quantitative estimate of drug-likeness (QED) is 0.787. The Bertz CT molecular complexity index is 294. The standard InChI is InChI=1S/C10H15ClN2S/c1-8(2)6-12-5-3-4-10-13-7-9(11)14-10/h3-4,7-8,12H,5-6H2,1-2H3/b4-3+. The van der Waals surface area contributed by atoms with Crippen LogP contribution in [0.3, 0.4) is 0 Å². The van der Waals surface area contributed by atoms with Crippen LogP contribution in [0.1, 0.15) is 18.9 Å². The number of aromatic nitrogens is 1. The molecule has 0 aliphatic heterocycles. The minimum absolute atomic E-state index is 0.692. The fourth-order valence-corrected chi connectivity index (χ4v) is 1.82. The second kappa shape index (κ2) is 6.17. The van der Waals surface area contributed by atoms with Crippen molar-refractivity contribution in [1.29, 1.82) is 0 Å². The number of rotatable bonds is 5. The van der Waals surface area contributed by atoms with Crippen LogP contribution in [0.25, 0.3) is 6.08 Å². The molecule has 0 aliphatic carbocycles. The van der Waals surface area contributed by atoms with E-state index in [4.69, 9.17) is 11.6 Å². The third-order valence-corrected chi connectivity index (χ3v) is 2.65. The monoisotopic (exact) mass is 230 g/mol. The molecule has 4 heteroatoms. The van der Waals surface area contributed by atoms with E-state index in [1.807, 2.05) is 6.08 Å². The second-order valence-electron chi connectivity index (χ2n) is 3.46. The van der Waals surface area contributed by atoms with E-state index >= 15 is 0 Å². The van der Waals surface area contributed by atoms with Crippen molar-refractivity contribution in [2.24, 2.45) is 5.92 Å². The lowest BCUT2D eigenvalue weighted by atomic mass is 10.2. The molecule has 0 radical (unpaired) electrons. The van der Waals surface area contributed by atoms with E-state index in [9.17, 15) is 0 Å². The van der Waals surface area contributed by atoms with Gasteiger partial charge in [-0.15, -0.1) is 11.3 Å². The highest BCUT2D eigenvalue weighted by Gasteiger charge is 1.94. The van der Waals surface area contributed by atoms with Gasteiger partial charge in [-0.3, -0.25) is 0 Å². The first-order valence-corrected chi connectivity index (χ1v) is 5.86. The normalized spacial score (nSPS) is 11.7. The summed E-state index contributed by atoms with van der Waals surface area (Å²) >= 11 is 7.24. The number of nitrogens with one attached hydrogen (secondary N) is 1. The maximum Gasteiger partial charge on any atom is 0.117 e. The highest BCUT2D eigenvalue weighted by Crippen LogP contribution is 2.18. The molecule has 0 atom stereocenters. The third-order valence-electron chi connectivity index (χ3n) is 1.57. The minimum atomic E-state index is 0.692. The van der Waals surface area contributed by atoms with Gasteiger partial charge >= 0.3 is 0 Å². The van der Waals surface area contributed by atoms with Gasteiger partial charge in [0.1, 0.15) is 9.34 Å². The van der Waals surface area contributed by atoms with Crippen LogP contribution in [0, 0.1) is 5.92 Å². The molecule has 14 heavy (non-hydrogen) atoms. The van der Waals surface area contributed by atoms with E-state index in [1.54, 1.807) is 6.20 Å². The molecule has 0 bridgehead atoms. The van der Waals surface area contributed by atoms with E-state index in [0.717, 1.165) is 22.4 Å². The van der Waals surface area contributed by atoms with Crippen LogP contribution in [-0.2, 0) is 0 Å². The first kappa shape index (κ1) is 11.7. The molecule has 1 aromatic heterocycles. The van der Waals surface area contributed by atoms with Gasteiger partial charge in [-0.05, 0) is 18.5 Å². The molecule has 1 aromatic rings. The summed E-state index contributed by atoms with van der Waals surface area (Å²) in [6.07, 6.45) is 5.73. The molecule has 78 valence electrons. The van der Waals surface area contributed by atoms with Crippen LogP contribution in [0.5, 0.6) is 0 Å². The highest BCUT2D eigenvalue weighted by molar-refractivity contribution is 7.16. The van der Waals surface area contributed by atoms with E-state index in [1.165, 1.54) is 11.3 Å². The van der Waals surface area contributed by atoms with Crippen LogP contribution >= 0.6 is 22.9 Å². The first-order chi connectivity index (χ1) is 6.68. The fourth-order valence-electron chi connectivity index (χ4n) is 0.959. The molecule has 0 saturated heterocycles. The molecule has 0 spiro atoms. The SMILES string of the molecule is CC(C)CNC/C=C/c1ncc(Cl)s1. The van der Waals surface area contributed by atoms with Gasteiger partial charge in [0.2, 0.25) is 0 Å². The Hall–Kier alpha value is -0.380. The summed E-state index contributed by atoms with van der Waals surface area (Å²) in [6.45, 7) is 6.31. The smallest absolute Gasteiger partial charge is 0.117 e. The number of thiazole rings is 1. The highest BCUT2D eigenvalue weighted by atomic mass is 35.5. The van der Waals surface area contributed by atoms with Crippen LogP contribution in [0.15, 0.2) is 12.3 Å². The summed E-state index contributed by atoms with van der Waals surface area (Å²) in [7, 11) is 0. The molecule has 0 aliphatic rings. The number of hydrogen-bond donors (Lipinski definition) is 1. The number of nitrogens with zero attached hydrogens (tertiary/aromatic N) is 1. The molecule has 0 aromatic carbocycles. The van der Waals surface area contributed by atoms with Gasteiger partial charge in [-0.25, -0.2) is 4.98 Å². The van der Waals surface area contributed by atoms with Gasteiger partial charge in [0.15, 0.2) is 0 Å². The van der Waals surface area contributed by atoms with Crippen molar-refractivity contribution >= 4 is 29.0 Å². The second-order valence-corrected chi connectivity index (χ2v) is 5.15. The van der Waals surface area contributed by atoms with Gasteiger partial charge < -0.3 is 5.32 Å². The van der Waals surface area contributed by atoms with E-state index < -0.39 is 0 Å². The summed E-state index contributed by atoms with van der Waals surface area (Å²) in [5.74, 6) is 0.692. The maximum absolute atomic E-state index is 5.75. The first-order valence-electron chi connectivity index (χ1n) is 4.67. The van der Waals surface area contributed by atoms with Gasteiger partial charge in [-0.1, -0.05) is 31.5 Å². The zero-order valence-corrected chi connectivity index (χ0v) is 10.0. The Balaban J connectivity index is 2.21. The largest absolute Gasteiger partial charge is 0.313 e. The van der Waals surface area contributed by atoms with Crippen molar-refractivity contribution < 1.29 is 0 Å². The van der Waals surface area contributed by atoms with Gasteiger partial charge in [0.05, 0.1) is 6.20 Å². The average molecular weight is 231 g/mol. The summed E-state index contributed by atoms with van der Waals surface area (Å²) in [5.41, 5.74) is 0. The van der Waals surface area contributed by atoms with Gasteiger partial charge in [0, 0.05) is 6.54 Å². The number of halogens is 1. The Morgan fingerprint density at radius 2 is 2.43 bits per heavy atom. The molecule has 1 N–H and O–H groups in total. The summed E-state index contributed by atoms with van der Waals surface area (Å²) in [6, 6.07) is 0. The van der Waals surface area contributed by atoms with Crippen molar-refractivity contribution in [2.75, 3.05) is 13.1 Å². The Morgan fingerprint density at radius 1 is 1.64 bits per heavy atom. The van der Waals surface area contributed by atoms with Crippen molar-refractivity contribution in [1.82, 2.24) is 10.3 Å². The summed E-state index contributed by atoms with van der Waals surface area (Å²) in [4.78, 5) is 4.12. The zero-order chi connectivity index (χ0) is 10.4. The molecule has 2 nitrogen and oxygen atoms in total. The van der Waals surface area contributed by atoms with E-state index in [-0.39, 0.29) is 0 Å². The van der Waals surface area contributed by atoms with Crippen molar-refractivity contribution in [3.8, 4) is 0 Å². The predicted molar refractivity (Wildman–Crippen MR) is 63.9 cm³/mol. The Morgan fingerprint density at radius 3 is 3.00 bits per heavy atom. The van der Waals surface area contributed by atoms with Crippen LogP contribution < -0.4 is 5.32 Å². The third kappa shape index (κ3) is 4.74. The molecule has 1 heterocycles. The molecule has 0 amide bonds. The summed E-state index contributed by atoms with van der Waals surface area (Å²) < 4.78 is 0.736. The topological polar surface area (TPSA) is 24.9 Å². The lowest BCUT2D eigenvalue weighted by Crippen LogP contribution is -2.19. The van der Waals surface area contributed by atoms with Crippen molar-refractivity contribution in [2.45, 2.75) is 13.8 Å². The van der Waals surface area contributed by atoms with Gasteiger partial charge in [-0.2, -0.15) is 0 Å². The number of hydrogen-bond acceptors (Lipinski definition) is 3. The Labute approximate surface area is 94.0 Å². The Kier molecular flexibility index (Phi) is 5.15. The lowest BCUT2D eigenvalue weighted by Gasteiger charge is -2.03. The molecule has 0 saturated carbocycles. The van der Waals surface area contributed by atoms with E-state index in [0.29, 0.717) is 5.92 Å². The molecule has 1 rings (SSSR count). The van der Waals surface area contributed by atoms with Crippen molar-refractivity contribution in [3.05, 3.63) is 21.6 Å². The van der Waals surface area contributed by atoms with Crippen molar-refractivity contribution in [3.63, 3.8) is 0 Å². The molecule has 0 fully saturated rings. The zero-order valence-electron chi connectivity index (χ0n) is 8.46. The maximum atomic E-state index is 5.75. The van der Waals surface area contributed by atoms with Crippen LogP contribution in [0.2, 0.25) is 4.34 Å². The average Bonchev–Trinajstić information content (AvgIpc) is 2.50. The predicted octanol–water partition coefficient (Wildman–Crippen LogP) is 3.06. The van der Waals surface area contributed by atoms with Gasteiger partial charge in [0.25, 0.3) is 0 Å². The van der Waals surface area contributed by atoms with Crippen LogP contribution in [0.4, 0.5) is 0 Å². The fraction of sp³-hybridized carbons (Fsp3) is 0.500. The summed E-state index contributed by atoms with van der Waals surface area (Å²) in [5, 5.41) is 4.28. The van der Waals surface area contributed by atoms with E-state index in [2.05, 4.69) is 30.2 Å². The molecule has 0 unspecified atom stereocenters. The lowest BCUT2D eigenvalue weighted by molar-refractivity contribution is 0.577.